The normalized spacial score (nSPS) is 14.2. The zero-order valence-electron chi connectivity index (χ0n) is 18.7. The van der Waals surface area contributed by atoms with Crippen LogP contribution in [0.2, 0.25) is 0 Å². The van der Waals surface area contributed by atoms with E-state index in [1.807, 2.05) is 42.2 Å². The number of alkyl halides is 1. The Morgan fingerprint density at radius 2 is 1.97 bits per heavy atom. The average molecular weight is 472 g/mol. The maximum Gasteiger partial charge on any atom is 0.221 e. The summed E-state index contributed by atoms with van der Waals surface area (Å²) >= 11 is 1.38. The van der Waals surface area contributed by atoms with Crippen LogP contribution in [0, 0.1) is 6.92 Å². The number of anilines is 4. The first kappa shape index (κ1) is 22.8. The third-order valence-electron chi connectivity index (χ3n) is 5.09. The van der Waals surface area contributed by atoms with Gasteiger partial charge < -0.3 is 20.3 Å². The van der Waals surface area contributed by atoms with Gasteiger partial charge in [-0.1, -0.05) is 0 Å². The van der Waals surface area contributed by atoms with Crippen molar-refractivity contribution in [2.24, 2.45) is 0 Å². The maximum atomic E-state index is 13.8. The number of carbonyl (C=O) groups excluding carboxylic acids is 1. The van der Waals surface area contributed by atoms with E-state index in [2.05, 4.69) is 25.8 Å². The number of methoxy groups -OCH3 is 1. The molecule has 0 unspecified atom stereocenters. The summed E-state index contributed by atoms with van der Waals surface area (Å²) in [7, 11) is 1.57. The van der Waals surface area contributed by atoms with Crippen LogP contribution in [0.4, 0.5) is 27.5 Å². The Kier molecular flexibility index (Phi) is 6.97. The Morgan fingerprint density at radius 3 is 2.58 bits per heavy atom. The number of carbonyl (C=O) groups is 1. The van der Waals surface area contributed by atoms with E-state index in [-0.39, 0.29) is 5.91 Å². The van der Waals surface area contributed by atoms with Gasteiger partial charge in [0.2, 0.25) is 11.7 Å². The highest BCUT2D eigenvalue weighted by Crippen LogP contribution is 2.39. The number of piperidine rings is 1. The molecule has 3 aromatic rings. The number of hydrogen-bond donors (Lipinski definition) is 3. The summed E-state index contributed by atoms with van der Waals surface area (Å²) in [5.74, 6) is 2.06. The topological polar surface area (TPSA) is 108 Å². The number of aromatic amines is 1. The number of aromatic nitrogens is 4. The molecule has 9 nitrogen and oxygen atoms in total. The first-order chi connectivity index (χ1) is 15.9. The molecule has 1 aliphatic rings. The first-order valence-electron chi connectivity index (χ1n) is 10.6. The van der Waals surface area contributed by atoms with Crippen LogP contribution >= 0.6 is 11.8 Å². The largest absolute Gasteiger partial charge is 0.490 e. The lowest BCUT2D eigenvalue weighted by Crippen LogP contribution is -2.35. The molecular formula is C22H26FN7O2S. The minimum Gasteiger partial charge on any atom is -0.490 e. The van der Waals surface area contributed by atoms with Crippen molar-refractivity contribution in [1.29, 1.82) is 0 Å². The molecule has 1 fully saturated rings. The smallest absolute Gasteiger partial charge is 0.221 e. The fraction of sp³-hybridized carbons (Fsp3) is 0.364. The lowest BCUT2D eigenvalue weighted by atomic mass is 10.1. The predicted octanol–water partition coefficient (Wildman–Crippen LogP) is 4.31. The molecule has 1 amide bonds. The predicted molar refractivity (Wildman–Crippen MR) is 126 cm³/mol. The van der Waals surface area contributed by atoms with Crippen molar-refractivity contribution in [3.05, 3.63) is 36.0 Å². The Hall–Kier alpha value is -3.34. The van der Waals surface area contributed by atoms with E-state index >= 15 is 0 Å². The number of ether oxygens (including phenoxy) is 1. The van der Waals surface area contributed by atoms with E-state index in [0.717, 1.165) is 10.6 Å². The molecule has 2 aromatic heterocycles. The quantitative estimate of drug-likeness (QED) is 0.438. The highest BCUT2D eigenvalue weighted by Gasteiger charge is 2.26. The molecule has 0 radical (unpaired) electrons. The molecule has 0 aliphatic carbocycles. The first-order valence-corrected chi connectivity index (χ1v) is 11.4. The van der Waals surface area contributed by atoms with E-state index in [4.69, 9.17) is 9.72 Å². The van der Waals surface area contributed by atoms with Crippen molar-refractivity contribution >= 4 is 40.8 Å². The molecular weight excluding hydrogens is 445 g/mol. The maximum absolute atomic E-state index is 13.8. The lowest BCUT2D eigenvalue weighted by Gasteiger charge is -2.31. The fourth-order valence-electron chi connectivity index (χ4n) is 3.53. The summed E-state index contributed by atoms with van der Waals surface area (Å²) in [6, 6.07) is 9.30. The molecule has 3 heterocycles. The zero-order chi connectivity index (χ0) is 23.4. The molecule has 11 heteroatoms. The SMILES string of the molecule is COc1c(Nc2cc(C)[nH]n2)nc(Sc2ccc(NC(C)=O)cc2)nc1N1CCC(F)CC1. The van der Waals surface area contributed by atoms with Crippen LogP contribution in [-0.2, 0) is 4.79 Å². The molecule has 1 aromatic carbocycles. The monoisotopic (exact) mass is 471 g/mol. The number of nitrogens with one attached hydrogen (secondary N) is 3. The summed E-state index contributed by atoms with van der Waals surface area (Å²) in [5.41, 5.74) is 1.62. The zero-order valence-corrected chi connectivity index (χ0v) is 19.5. The van der Waals surface area contributed by atoms with E-state index in [1.54, 1.807) is 7.11 Å². The van der Waals surface area contributed by atoms with E-state index < -0.39 is 6.17 Å². The number of aryl methyl sites for hydroxylation is 1. The van der Waals surface area contributed by atoms with Crippen LogP contribution in [0.15, 0.2) is 40.4 Å². The second-order valence-electron chi connectivity index (χ2n) is 7.74. The summed E-state index contributed by atoms with van der Waals surface area (Å²) in [5, 5.41) is 13.6. The fourth-order valence-corrected chi connectivity index (χ4v) is 4.28. The van der Waals surface area contributed by atoms with Gasteiger partial charge in [0, 0.05) is 42.4 Å². The third-order valence-corrected chi connectivity index (χ3v) is 5.96. The van der Waals surface area contributed by atoms with Crippen molar-refractivity contribution in [3.8, 4) is 5.75 Å². The summed E-state index contributed by atoms with van der Waals surface area (Å²) in [4.78, 5) is 23.6. The molecule has 0 saturated carbocycles. The summed E-state index contributed by atoms with van der Waals surface area (Å²) in [6.07, 6.45) is 0.0954. The number of nitrogens with zero attached hydrogens (tertiary/aromatic N) is 4. The van der Waals surface area contributed by atoms with Crippen molar-refractivity contribution in [1.82, 2.24) is 20.2 Å². The summed E-state index contributed by atoms with van der Waals surface area (Å²) < 4.78 is 19.4. The van der Waals surface area contributed by atoms with Crippen LogP contribution in [0.3, 0.4) is 0 Å². The Labute approximate surface area is 195 Å². The molecule has 3 N–H and O–H groups in total. The van der Waals surface area contributed by atoms with Crippen LogP contribution in [-0.4, -0.2) is 52.4 Å². The Balaban J connectivity index is 1.67. The molecule has 4 rings (SSSR count). The van der Waals surface area contributed by atoms with Crippen LogP contribution in [0.1, 0.15) is 25.5 Å². The second-order valence-corrected chi connectivity index (χ2v) is 8.78. The van der Waals surface area contributed by atoms with E-state index in [9.17, 15) is 9.18 Å². The van der Waals surface area contributed by atoms with Crippen molar-refractivity contribution in [2.75, 3.05) is 35.7 Å². The van der Waals surface area contributed by atoms with Crippen molar-refractivity contribution < 1.29 is 13.9 Å². The molecule has 0 spiro atoms. The van der Waals surface area contributed by atoms with Gasteiger partial charge in [-0.2, -0.15) is 5.10 Å². The van der Waals surface area contributed by atoms with Gasteiger partial charge in [0.25, 0.3) is 0 Å². The van der Waals surface area contributed by atoms with E-state index in [0.29, 0.717) is 60.0 Å². The summed E-state index contributed by atoms with van der Waals surface area (Å²) in [6.45, 7) is 4.47. The molecule has 33 heavy (non-hydrogen) atoms. The van der Waals surface area contributed by atoms with Gasteiger partial charge in [0.1, 0.15) is 6.17 Å². The average Bonchev–Trinajstić information content (AvgIpc) is 3.19. The highest BCUT2D eigenvalue weighted by molar-refractivity contribution is 7.99. The van der Waals surface area contributed by atoms with Crippen molar-refractivity contribution in [3.63, 3.8) is 0 Å². The second kappa shape index (κ2) is 10.1. The highest BCUT2D eigenvalue weighted by atomic mass is 32.2. The number of benzene rings is 1. The van der Waals surface area contributed by atoms with Gasteiger partial charge in [0.15, 0.2) is 22.6 Å². The number of amides is 1. The lowest BCUT2D eigenvalue weighted by molar-refractivity contribution is -0.114. The molecule has 0 bridgehead atoms. The third kappa shape index (κ3) is 5.72. The standard InChI is InChI=1S/C22H26FN7O2S/c1-13-12-18(29-28-13)25-20-19(32-3)21(30-10-8-15(23)9-11-30)27-22(26-20)33-17-6-4-16(5-7-17)24-14(2)31/h4-7,12,15H,8-11H2,1-3H3,(H,24,31)(H2,25,26,27,28,29). The minimum absolute atomic E-state index is 0.125. The number of rotatable bonds is 7. The molecule has 0 atom stereocenters. The van der Waals surface area contributed by atoms with Gasteiger partial charge in [-0.25, -0.2) is 14.4 Å². The molecule has 1 saturated heterocycles. The van der Waals surface area contributed by atoms with E-state index in [1.165, 1.54) is 18.7 Å². The van der Waals surface area contributed by atoms with Crippen LogP contribution in [0.5, 0.6) is 5.75 Å². The minimum atomic E-state index is -0.797. The van der Waals surface area contributed by atoms with Gasteiger partial charge in [-0.3, -0.25) is 9.89 Å². The number of hydrogen-bond acceptors (Lipinski definition) is 8. The number of H-pyrrole nitrogens is 1. The Morgan fingerprint density at radius 1 is 1.24 bits per heavy atom. The van der Waals surface area contributed by atoms with Crippen LogP contribution in [0.25, 0.3) is 0 Å². The van der Waals surface area contributed by atoms with Crippen LogP contribution < -0.4 is 20.3 Å². The van der Waals surface area contributed by atoms with Crippen molar-refractivity contribution in [2.45, 2.75) is 42.9 Å². The number of halogens is 1. The van der Waals surface area contributed by atoms with Gasteiger partial charge in [-0.05, 0) is 55.8 Å². The van der Waals surface area contributed by atoms with Gasteiger partial charge in [-0.15, -0.1) is 0 Å². The van der Waals surface area contributed by atoms with Gasteiger partial charge >= 0.3 is 0 Å². The molecule has 174 valence electrons. The molecule has 1 aliphatic heterocycles. The van der Waals surface area contributed by atoms with Gasteiger partial charge in [0.05, 0.1) is 7.11 Å². The Bertz CT molecular complexity index is 1110.